The van der Waals surface area contributed by atoms with Gasteiger partial charge in [0.1, 0.15) is 0 Å². The zero-order chi connectivity index (χ0) is 21.5. The third kappa shape index (κ3) is 5.56. The fraction of sp³-hybridized carbons (Fsp3) is 0.409. The van der Waals surface area contributed by atoms with Crippen LogP contribution < -0.4 is 14.2 Å². The largest absolute Gasteiger partial charge is 0.493 e. The summed E-state index contributed by atoms with van der Waals surface area (Å²) in [5.41, 5.74) is 1.84. The van der Waals surface area contributed by atoms with E-state index in [1.165, 1.54) is 19.8 Å². The molecule has 1 saturated heterocycles. The molecule has 0 unspecified atom stereocenters. The first-order chi connectivity index (χ1) is 14.5. The van der Waals surface area contributed by atoms with Crippen LogP contribution in [0.1, 0.15) is 11.1 Å². The molecule has 162 valence electrons. The third-order valence-corrected chi connectivity index (χ3v) is 5.34. The van der Waals surface area contributed by atoms with Crippen molar-refractivity contribution in [1.29, 1.82) is 0 Å². The van der Waals surface area contributed by atoms with Crippen LogP contribution in [0.2, 0.25) is 5.02 Å². The van der Waals surface area contributed by atoms with Crippen LogP contribution in [0.15, 0.2) is 36.4 Å². The number of aliphatic hydroxyl groups is 1. The average molecular weight is 435 g/mol. The van der Waals surface area contributed by atoms with Crippen molar-refractivity contribution in [2.24, 2.45) is 0 Å². The van der Waals surface area contributed by atoms with Gasteiger partial charge in [-0.05, 0) is 35.4 Å². The molecular weight excluding hydrogens is 408 g/mol. The topological polar surface area (TPSA) is 71.5 Å². The second-order valence-electron chi connectivity index (χ2n) is 7.06. The Bertz CT molecular complexity index is 826. The number of aliphatic hydroxyl groups excluding tert-OH is 1. The highest BCUT2D eigenvalue weighted by Crippen LogP contribution is 2.38. The molecule has 0 saturated carbocycles. The first-order valence-electron chi connectivity index (χ1n) is 9.77. The molecule has 1 heterocycles. The number of piperazine rings is 1. The second-order valence-corrected chi connectivity index (χ2v) is 7.50. The normalized spacial score (nSPS) is 14.5. The number of nitrogens with zero attached hydrogens (tertiary/aromatic N) is 2. The van der Waals surface area contributed by atoms with Crippen LogP contribution >= 0.6 is 11.6 Å². The van der Waals surface area contributed by atoms with Gasteiger partial charge in [0.15, 0.2) is 18.1 Å². The predicted octanol–water partition coefficient (Wildman–Crippen LogP) is 2.57. The number of hydrogen-bond donors (Lipinski definition) is 1. The number of benzene rings is 2. The average Bonchev–Trinajstić information content (AvgIpc) is 2.78. The first kappa shape index (κ1) is 22.2. The number of carbonyl (C=O) groups is 1. The highest BCUT2D eigenvalue weighted by molar-refractivity contribution is 6.30. The number of rotatable bonds is 8. The van der Waals surface area contributed by atoms with Crippen molar-refractivity contribution in [3.8, 4) is 17.2 Å². The Kier molecular flexibility index (Phi) is 7.79. The molecule has 0 aromatic heterocycles. The fourth-order valence-corrected chi connectivity index (χ4v) is 3.52. The summed E-state index contributed by atoms with van der Waals surface area (Å²) in [5, 5.41) is 10.1. The molecule has 7 nitrogen and oxygen atoms in total. The maximum atomic E-state index is 12.6. The lowest BCUT2D eigenvalue weighted by Gasteiger charge is -2.34. The van der Waals surface area contributed by atoms with Crippen molar-refractivity contribution in [3.05, 3.63) is 52.5 Å². The molecule has 3 rings (SSSR count). The Morgan fingerprint density at radius 1 is 1.00 bits per heavy atom. The van der Waals surface area contributed by atoms with E-state index in [0.717, 1.165) is 24.7 Å². The van der Waals surface area contributed by atoms with Gasteiger partial charge >= 0.3 is 0 Å². The summed E-state index contributed by atoms with van der Waals surface area (Å²) >= 11 is 5.94. The van der Waals surface area contributed by atoms with E-state index in [-0.39, 0.29) is 19.1 Å². The molecular formula is C22H27ClN2O5. The summed E-state index contributed by atoms with van der Waals surface area (Å²) < 4.78 is 16.4. The monoisotopic (exact) mass is 434 g/mol. The van der Waals surface area contributed by atoms with Gasteiger partial charge in [-0.25, -0.2) is 0 Å². The van der Waals surface area contributed by atoms with Gasteiger partial charge in [-0.15, -0.1) is 0 Å². The van der Waals surface area contributed by atoms with Gasteiger partial charge in [0, 0.05) is 37.7 Å². The first-order valence-corrected chi connectivity index (χ1v) is 10.1. The lowest BCUT2D eigenvalue weighted by molar-refractivity contribution is -0.135. The van der Waals surface area contributed by atoms with Crippen molar-refractivity contribution in [2.75, 3.05) is 47.0 Å². The number of halogens is 1. The van der Waals surface area contributed by atoms with Gasteiger partial charge < -0.3 is 24.2 Å². The smallest absolute Gasteiger partial charge is 0.260 e. The molecule has 0 aliphatic carbocycles. The minimum atomic E-state index is -0.147. The molecule has 0 bridgehead atoms. The van der Waals surface area contributed by atoms with Crippen LogP contribution in [0.25, 0.3) is 0 Å². The van der Waals surface area contributed by atoms with Gasteiger partial charge in [0.2, 0.25) is 5.75 Å². The summed E-state index contributed by atoms with van der Waals surface area (Å²) in [6, 6.07) is 11.2. The molecule has 0 spiro atoms. The van der Waals surface area contributed by atoms with E-state index in [1.54, 1.807) is 17.0 Å². The SMILES string of the molecule is COc1cc(CO)cc(OC)c1OCC(=O)N1CCN(Cc2ccc(Cl)cc2)CC1. The Balaban J connectivity index is 1.53. The lowest BCUT2D eigenvalue weighted by Crippen LogP contribution is -2.49. The van der Waals surface area contributed by atoms with Crippen LogP contribution in [-0.2, 0) is 17.9 Å². The summed E-state index contributed by atoms with van der Waals surface area (Å²) in [4.78, 5) is 16.8. The molecule has 1 amide bonds. The van der Waals surface area contributed by atoms with Crippen molar-refractivity contribution in [2.45, 2.75) is 13.2 Å². The number of hydrogen-bond acceptors (Lipinski definition) is 6. The molecule has 1 N–H and O–H groups in total. The molecule has 2 aromatic rings. The highest BCUT2D eigenvalue weighted by atomic mass is 35.5. The van der Waals surface area contributed by atoms with E-state index >= 15 is 0 Å². The van der Waals surface area contributed by atoms with Crippen LogP contribution in [0, 0.1) is 0 Å². The second kappa shape index (κ2) is 10.5. The van der Waals surface area contributed by atoms with Gasteiger partial charge in [0.05, 0.1) is 20.8 Å². The molecule has 0 atom stereocenters. The maximum absolute atomic E-state index is 12.6. The van der Waals surface area contributed by atoms with Gasteiger partial charge in [-0.3, -0.25) is 9.69 Å². The third-order valence-electron chi connectivity index (χ3n) is 5.09. The quantitative estimate of drug-likeness (QED) is 0.688. The summed E-state index contributed by atoms with van der Waals surface area (Å²) in [7, 11) is 3.01. The Morgan fingerprint density at radius 3 is 2.13 bits per heavy atom. The van der Waals surface area contributed by atoms with Crippen molar-refractivity contribution in [3.63, 3.8) is 0 Å². The number of carbonyl (C=O) groups excluding carboxylic acids is 1. The minimum absolute atomic E-state index is 0.0866. The molecule has 1 aliphatic heterocycles. The van der Waals surface area contributed by atoms with E-state index in [0.29, 0.717) is 35.9 Å². The summed E-state index contributed by atoms with van der Waals surface area (Å²) in [6.07, 6.45) is 0. The molecule has 8 heteroatoms. The van der Waals surface area contributed by atoms with Gasteiger partial charge in [-0.2, -0.15) is 0 Å². The van der Waals surface area contributed by atoms with Crippen molar-refractivity contribution >= 4 is 17.5 Å². The molecule has 1 fully saturated rings. The number of methoxy groups -OCH3 is 2. The van der Waals surface area contributed by atoms with E-state index in [1.807, 2.05) is 24.3 Å². The van der Waals surface area contributed by atoms with Crippen LogP contribution in [-0.4, -0.2) is 67.8 Å². The van der Waals surface area contributed by atoms with Crippen molar-refractivity contribution < 1.29 is 24.1 Å². The van der Waals surface area contributed by atoms with Gasteiger partial charge in [-0.1, -0.05) is 23.7 Å². The van der Waals surface area contributed by atoms with Crippen molar-refractivity contribution in [1.82, 2.24) is 9.80 Å². The Labute approximate surface area is 181 Å². The van der Waals surface area contributed by atoms with Crippen LogP contribution in [0.3, 0.4) is 0 Å². The summed E-state index contributed by atoms with van der Waals surface area (Å²) in [6.45, 7) is 3.47. The van der Waals surface area contributed by atoms with E-state index in [9.17, 15) is 9.90 Å². The number of ether oxygens (including phenoxy) is 3. The van der Waals surface area contributed by atoms with Crippen LogP contribution in [0.5, 0.6) is 17.2 Å². The van der Waals surface area contributed by atoms with E-state index < -0.39 is 0 Å². The predicted molar refractivity (Wildman–Crippen MR) is 114 cm³/mol. The maximum Gasteiger partial charge on any atom is 0.260 e. The zero-order valence-corrected chi connectivity index (χ0v) is 18.0. The zero-order valence-electron chi connectivity index (χ0n) is 17.3. The minimum Gasteiger partial charge on any atom is -0.493 e. The molecule has 30 heavy (non-hydrogen) atoms. The lowest BCUT2D eigenvalue weighted by atomic mass is 10.2. The standard InChI is InChI=1S/C22H27ClN2O5/c1-28-19-11-17(14-26)12-20(29-2)22(19)30-15-21(27)25-9-7-24(8-10-25)13-16-3-5-18(23)6-4-16/h3-6,11-12,26H,7-10,13-15H2,1-2H3. The van der Waals surface area contributed by atoms with Crippen LogP contribution in [0.4, 0.5) is 0 Å². The molecule has 2 aromatic carbocycles. The Morgan fingerprint density at radius 2 is 1.60 bits per heavy atom. The molecule has 1 aliphatic rings. The van der Waals surface area contributed by atoms with E-state index in [4.69, 9.17) is 25.8 Å². The summed E-state index contributed by atoms with van der Waals surface area (Å²) in [5.74, 6) is 1.10. The highest BCUT2D eigenvalue weighted by Gasteiger charge is 2.23. The Hall–Kier alpha value is -2.48. The van der Waals surface area contributed by atoms with Gasteiger partial charge in [0.25, 0.3) is 5.91 Å². The van der Waals surface area contributed by atoms with E-state index in [2.05, 4.69) is 4.90 Å². The molecule has 0 radical (unpaired) electrons. The number of amides is 1. The fourth-order valence-electron chi connectivity index (χ4n) is 3.40.